The Hall–Kier alpha value is -3.29. The number of nitrogens with zero attached hydrogens (tertiary/aromatic N) is 1. The van der Waals surface area contributed by atoms with Crippen molar-refractivity contribution in [1.29, 1.82) is 0 Å². The summed E-state index contributed by atoms with van der Waals surface area (Å²) >= 11 is 0.954. The Balaban J connectivity index is 1.70. The van der Waals surface area contributed by atoms with Crippen molar-refractivity contribution in [2.24, 2.45) is 0 Å². The second kappa shape index (κ2) is 9.52. The van der Waals surface area contributed by atoms with E-state index in [9.17, 15) is 28.3 Å². The molecule has 2 aromatic carbocycles. The zero-order valence-corrected chi connectivity index (χ0v) is 19.5. The molecule has 2 amide bonds. The molecule has 0 saturated carbocycles. The van der Waals surface area contributed by atoms with Gasteiger partial charge in [-0.3, -0.25) is 14.8 Å². The number of aliphatic hydroxyl groups is 1. The van der Waals surface area contributed by atoms with E-state index < -0.39 is 34.0 Å². The highest BCUT2D eigenvalue weighted by Gasteiger charge is 2.46. The van der Waals surface area contributed by atoms with E-state index in [1.54, 1.807) is 30.3 Å². The van der Waals surface area contributed by atoms with Crippen LogP contribution in [0.4, 0.5) is 5.69 Å². The lowest BCUT2D eigenvalue weighted by atomic mass is 10.0. The number of carbonyl (C=O) groups is 2. The lowest BCUT2D eigenvalue weighted by Crippen LogP contribution is -2.53. The number of para-hydroxylation sites is 1. The Morgan fingerprint density at radius 1 is 1.12 bits per heavy atom. The topological polar surface area (TPSA) is 145 Å². The van der Waals surface area contributed by atoms with Crippen LogP contribution in [-0.4, -0.2) is 48.0 Å². The Morgan fingerprint density at radius 2 is 1.79 bits per heavy atom. The first-order valence-corrected chi connectivity index (χ1v) is 12.3. The van der Waals surface area contributed by atoms with Gasteiger partial charge < -0.3 is 15.2 Å². The quantitative estimate of drug-likeness (QED) is 0.298. The van der Waals surface area contributed by atoms with Crippen LogP contribution >= 0.6 is 11.3 Å². The Labute approximate surface area is 199 Å². The van der Waals surface area contributed by atoms with Gasteiger partial charge in [0.05, 0.1) is 16.9 Å². The van der Waals surface area contributed by atoms with Gasteiger partial charge in [0.15, 0.2) is 0 Å². The molecule has 1 aromatic heterocycles. The van der Waals surface area contributed by atoms with E-state index in [4.69, 9.17) is 4.74 Å². The summed E-state index contributed by atoms with van der Waals surface area (Å²) in [7, 11) is -2.84. The summed E-state index contributed by atoms with van der Waals surface area (Å²) in [6, 6.07) is 14.1. The van der Waals surface area contributed by atoms with E-state index in [-0.39, 0.29) is 21.2 Å². The first kappa shape index (κ1) is 23.9. The zero-order chi connectivity index (χ0) is 24.5. The van der Waals surface area contributed by atoms with Crippen molar-refractivity contribution in [2.75, 3.05) is 12.4 Å². The molecular weight excluding hydrogens is 482 g/mol. The third-order valence-corrected chi connectivity index (χ3v) is 8.43. The molecule has 34 heavy (non-hydrogen) atoms. The van der Waals surface area contributed by atoms with Gasteiger partial charge in [0, 0.05) is 17.1 Å². The van der Waals surface area contributed by atoms with Crippen LogP contribution in [0.15, 0.2) is 65.6 Å². The highest BCUT2D eigenvalue weighted by Crippen LogP contribution is 2.40. The van der Waals surface area contributed by atoms with Gasteiger partial charge >= 0.3 is 0 Å². The number of sulfonamides is 1. The average Bonchev–Trinajstić information content (AvgIpc) is 3.29. The monoisotopic (exact) mass is 503 g/mol. The van der Waals surface area contributed by atoms with Crippen LogP contribution in [0.1, 0.15) is 26.2 Å². The number of amides is 2. The molecule has 2 heterocycles. The predicted octanol–water partition coefficient (Wildman–Crippen LogP) is 2.12. The maximum atomic E-state index is 13.4. The fraction of sp³-hybridized carbons (Fsp3) is 0.182. The summed E-state index contributed by atoms with van der Waals surface area (Å²) in [6.07, 6.45) is -1.60. The fourth-order valence-corrected chi connectivity index (χ4v) is 6.32. The van der Waals surface area contributed by atoms with Gasteiger partial charge in [-0.25, -0.2) is 13.9 Å². The molecule has 0 radical (unpaired) electrons. The van der Waals surface area contributed by atoms with E-state index in [0.29, 0.717) is 17.0 Å². The summed E-state index contributed by atoms with van der Waals surface area (Å²) in [6.45, 7) is -0.284. The summed E-state index contributed by atoms with van der Waals surface area (Å²) < 4.78 is 32.6. The maximum Gasteiger partial charge on any atom is 0.265 e. The number of hydrogen-bond acceptors (Lipinski definition) is 8. The van der Waals surface area contributed by atoms with Crippen molar-refractivity contribution >= 4 is 38.9 Å². The second-order valence-electron chi connectivity index (χ2n) is 7.41. The molecule has 12 heteroatoms. The third kappa shape index (κ3) is 4.41. The SMILES string of the molecule is COc1ccc(S(=O)(=O)N2Cc3cc(C(=O)Nc4ccccc4)sc3[C@H](O)[C@@H]2C(=O)NO)cc1. The highest BCUT2D eigenvalue weighted by molar-refractivity contribution is 7.89. The summed E-state index contributed by atoms with van der Waals surface area (Å²) in [5.74, 6) is -1.10. The summed E-state index contributed by atoms with van der Waals surface area (Å²) in [4.78, 5) is 25.5. The third-order valence-electron chi connectivity index (χ3n) is 5.35. The first-order chi connectivity index (χ1) is 16.3. The van der Waals surface area contributed by atoms with E-state index in [0.717, 1.165) is 15.6 Å². The van der Waals surface area contributed by atoms with Gasteiger partial charge in [0.25, 0.3) is 11.8 Å². The number of fused-ring (bicyclic) bond motifs is 1. The van der Waals surface area contributed by atoms with Crippen LogP contribution in [0, 0.1) is 0 Å². The number of carbonyl (C=O) groups excluding carboxylic acids is 2. The largest absolute Gasteiger partial charge is 0.497 e. The van der Waals surface area contributed by atoms with Crippen LogP contribution < -0.4 is 15.5 Å². The molecule has 0 fully saturated rings. The van der Waals surface area contributed by atoms with Crippen molar-refractivity contribution in [3.8, 4) is 5.75 Å². The molecule has 4 rings (SSSR count). The van der Waals surface area contributed by atoms with E-state index in [1.807, 2.05) is 0 Å². The minimum Gasteiger partial charge on any atom is -0.497 e. The number of anilines is 1. The number of nitrogens with one attached hydrogen (secondary N) is 2. The number of methoxy groups -OCH3 is 1. The van der Waals surface area contributed by atoms with Gasteiger partial charge in [-0.15, -0.1) is 11.3 Å². The smallest absolute Gasteiger partial charge is 0.265 e. The normalized spacial score (nSPS) is 18.1. The number of ether oxygens (including phenoxy) is 1. The van der Waals surface area contributed by atoms with Crippen LogP contribution in [-0.2, 0) is 21.4 Å². The second-order valence-corrected chi connectivity index (χ2v) is 10.4. The van der Waals surface area contributed by atoms with Gasteiger partial charge in [-0.1, -0.05) is 18.2 Å². The number of hydrogen-bond donors (Lipinski definition) is 4. The molecule has 0 bridgehead atoms. The van der Waals surface area contributed by atoms with Crippen LogP contribution in [0.2, 0.25) is 0 Å². The molecular formula is C22H21N3O7S2. The lowest BCUT2D eigenvalue weighted by molar-refractivity contribution is -0.137. The zero-order valence-electron chi connectivity index (χ0n) is 17.8. The van der Waals surface area contributed by atoms with Crippen molar-refractivity contribution in [3.63, 3.8) is 0 Å². The highest BCUT2D eigenvalue weighted by atomic mass is 32.2. The number of hydroxylamine groups is 1. The van der Waals surface area contributed by atoms with Crippen molar-refractivity contribution in [1.82, 2.24) is 9.79 Å². The number of aliphatic hydroxyl groups excluding tert-OH is 1. The standard InChI is InChI=1S/C22H21N3O7S2/c1-32-15-7-9-16(10-8-15)34(30,31)25-12-13-11-17(21(27)23-14-5-3-2-4-6-14)33-20(13)19(26)18(25)22(28)24-29/h2-11,18-19,26,29H,12H2,1H3,(H,23,27)(H,24,28)/t18-,19-/m1/s1. The number of thiophene rings is 1. The molecule has 0 aliphatic carbocycles. The maximum absolute atomic E-state index is 13.4. The minimum atomic E-state index is -4.28. The van der Waals surface area contributed by atoms with Gasteiger partial charge in [0.1, 0.15) is 17.9 Å². The van der Waals surface area contributed by atoms with Crippen molar-refractivity contribution in [2.45, 2.75) is 23.6 Å². The summed E-state index contributed by atoms with van der Waals surface area (Å²) in [5, 5.41) is 22.9. The van der Waals surface area contributed by atoms with Crippen LogP contribution in [0.3, 0.4) is 0 Å². The van der Waals surface area contributed by atoms with E-state index >= 15 is 0 Å². The van der Waals surface area contributed by atoms with E-state index in [1.165, 1.54) is 42.9 Å². The molecule has 2 atom stereocenters. The minimum absolute atomic E-state index is 0.128. The molecule has 10 nitrogen and oxygen atoms in total. The molecule has 0 unspecified atom stereocenters. The molecule has 3 aromatic rings. The van der Waals surface area contributed by atoms with Crippen molar-refractivity contribution in [3.05, 3.63) is 76.0 Å². The van der Waals surface area contributed by atoms with Crippen LogP contribution in [0.25, 0.3) is 0 Å². The molecule has 4 N–H and O–H groups in total. The summed E-state index contributed by atoms with van der Waals surface area (Å²) in [5.41, 5.74) is 2.38. The van der Waals surface area contributed by atoms with E-state index in [2.05, 4.69) is 5.32 Å². The molecule has 0 saturated heterocycles. The van der Waals surface area contributed by atoms with Gasteiger partial charge in [-0.05, 0) is 48.0 Å². The Bertz CT molecular complexity index is 1310. The molecule has 1 aliphatic rings. The molecule has 178 valence electrons. The number of benzene rings is 2. The fourth-order valence-electron chi connectivity index (χ4n) is 3.67. The van der Waals surface area contributed by atoms with Gasteiger partial charge in [0.2, 0.25) is 10.0 Å². The average molecular weight is 504 g/mol. The Kier molecular flexibility index (Phi) is 6.68. The predicted molar refractivity (Wildman–Crippen MR) is 123 cm³/mol. The number of rotatable bonds is 6. The Morgan fingerprint density at radius 3 is 2.41 bits per heavy atom. The first-order valence-electron chi connectivity index (χ1n) is 10.0. The molecule has 1 aliphatic heterocycles. The lowest BCUT2D eigenvalue weighted by Gasteiger charge is -2.36. The van der Waals surface area contributed by atoms with Gasteiger partial charge in [-0.2, -0.15) is 4.31 Å². The van der Waals surface area contributed by atoms with Crippen molar-refractivity contribution < 1.29 is 33.1 Å². The van der Waals surface area contributed by atoms with Crippen LogP contribution in [0.5, 0.6) is 5.75 Å². The molecule has 0 spiro atoms.